The number of hydrogen-bond donors (Lipinski definition) is 2. The molecule has 4 rings (SSSR count). The van der Waals surface area contributed by atoms with Gasteiger partial charge >= 0.3 is 0 Å². The predicted molar refractivity (Wildman–Crippen MR) is 195 cm³/mol. The zero-order chi connectivity index (χ0) is 33.6. The highest BCUT2D eigenvalue weighted by atomic mass is 35.5. The Labute approximate surface area is 300 Å². The van der Waals surface area contributed by atoms with Crippen molar-refractivity contribution < 1.29 is 33.3 Å². The Morgan fingerprint density at radius 3 is 2.20 bits per heavy atom. The maximum Gasteiger partial charge on any atom is 0.259 e. The van der Waals surface area contributed by atoms with Gasteiger partial charge in [-0.2, -0.15) is 0 Å². The molecule has 1 heterocycles. The van der Waals surface area contributed by atoms with Gasteiger partial charge in [-0.25, -0.2) is 0 Å². The molecule has 14 heteroatoms. The number of nitrogens with two attached hydrogens (primary N) is 1. The third-order valence-electron chi connectivity index (χ3n) is 7.74. The van der Waals surface area contributed by atoms with Crippen LogP contribution < -0.4 is 30.2 Å². The zero-order valence-corrected chi connectivity index (χ0v) is 29.9. The molecule has 0 aromatic heterocycles. The number of ether oxygens (including phenoxy) is 4. The average Bonchev–Trinajstić information content (AvgIpc) is 3.10. The lowest BCUT2D eigenvalue weighted by atomic mass is 10.1. The molecule has 0 saturated carbocycles. The number of carbonyl (C=O) groups excluding carboxylic acids is 3. The molecule has 1 saturated heterocycles. The van der Waals surface area contributed by atoms with Crippen LogP contribution >= 0.6 is 24.8 Å². The quantitative estimate of drug-likeness (QED) is 0.207. The smallest absolute Gasteiger partial charge is 0.259 e. The van der Waals surface area contributed by atoms with Gasteiger partial charge in [0.1, 0.15) is 23.9 Å². The number of amides is 3. The fourth-order valence-corrected chi connectivity index (χ4v) is 4.97. The molecule has 49 heavy (non-hydrogen) atoms. The molecule has 0 spiro atoms. The van der Waals surface area contributed by atoms with Gasteiger partial charge in [-0.3, -0.25) is 14.4 Å². The molecule has 1 fully saturated rings. The Morgan fingerprint density at radius 2 is 1.49 bits per heavy atom. The number of rotatable bonds is 16. The first-order valence-corrected chi connectivity index (χ1v) is 15.8. The molecule has 0 atom stereocenters. The molecule has 0 aliphatic carbocycles. The van der Waals surface area contributed by atoms with E-state index in [4.69, 9.17) is 24.7 Å². The van der Waals surface area contributed by atoms with Crippen LogP contribution in [0.3, 0.4) is 0 Å². The van der Waals surface area contributed by atoms with Crippen LogP contribution in [0.15, 0.2) is 66.7 Å². The summed E-state index contributed by atoms with van der Waals surface area (Å²) in [6.07, 6.45) is 1.25. The lowest BCUT2D eigenvalue weighted by Crippen LogP contribution is -2.48. The van der Waals surface area contributed by atoms with Crippen LogP contribution in [-0.4, -0.2) is 108 Å². The van der Waals surface area contributed by atoms with Gasteiger partial charge in [0.15, 0.2) is 0 Å². The van der Waals surface area contributed by atoms with Crippen molar-refractivity contribution in [2.45, 2.75) is 12.8 Å². The zero-order valence-electron chi connectivity index (χ0n) is 28.2. The van der Waals surface area contributed by atoms with Gasteiger partial charge in [-0.15, -0.1) is 24.8 Å². The van der Waals surface area contributed by atoms with E-state index in [0.29, 0.717) is 79.0 Å². The molecule has 3 amide bonds. The lowest BCUT2D eigenvalue weighted by molar-refractivity contribution is -0.137. The van der Waals surface area contributed by atoms with Crippen LogP contribution in [0.2, 0.25) is 0 Å². The molecule has 0 radical (unpaired) electrons. The van der Waals surface area contributed by atoms with E-state index in [1.165, 1.54) is 12.0 Å². The number of carbonyl (C=O) groups is 3. The van der Waals surface area contributed by atoms with E-state index >= 15 is 0 Å². The number of para-hydroxylation sites is 3. The summed E-state index contributed by atoms with van der Waals surface area (Å²) >= 11 is 0. The number of methoxy groups -OCH3 is 1. The first-order valence-electron chi connectivity index (χ1n) is 15.8. The van der Waals surface area contributed by atoms with E-state index in [9.17, 15) is 14.4 Å². The van der Waals surface area contributed by atoms with Crippen molar-refractivity contribution in [3.63, 3.8) is 0 Å². The largest absolute Gasteiger partial charge is 0.495 e. The van der Waals surface area contributed by atoms with Crippen LogP contribution in [0, 0.1) is 0 Å². The number of nitrogens with zero attached hydrogens (tertiary/aromatic N) is 3. The Hall–Kier alpha value is -4.07. The van der Waals surface area contributed by atoms with Crippen molar-refractivity contribution in [1.82, 2.24) is 9.80 Å². The number of nitrogens with one attached hydrogen (secondary N) is 1. The van der Waals surface area contributed by atoms with Gasteiger partial charge in [0.25, 0.3) is 11.8 Å². The summed E-state index contributed by atoms with van der Waals surface area (Å²) in [5.74, 6) is 0.665. The second kappa shape index (κ2) is 21.1. The van der Waals surface area contributed by atoms with Crippen molar-refractivity contribution >= 4 is 53.9 Å². The number of piperazine rings is 1. The summed E-state index contributed by atoms with van der Waals surface area (Å²) in [6, 6.07) is 19.1. The van der Waals surface area contributed by atoms with Crippen molar-refractivity contribution in [2.24, 2.45) is 5.73 Å². The molecule has 12 nitrogen and oxygen atoms in total. The number of benzene rings is 3. The molecule has 3 aromatic rings. The average molecular weight is 721 g/mol. The highest BCUT2D eigenvalue weighted by Crippen LogP contribution is 2.31. The van der Waals surface area contributed by atoms with Crippen LogP contribution in [-0.2, 0) is 9.53 Å². The number of halogens is 2. The Balaban J connectivity index is 0.00000417. The van der Waals surface area contributed by atoms with Crippen molar-refractivity contribution in [2.75, 3.05) is 90.6 Å². The predicted octanol–water partition coefficient (Wildman–Crippen LogP) is 4.35. The lowest BCUT2D eigenvalue weighted by Gasteiger charge is -2.32. The number of anilines is 2. The SMILES string of the molecule is COc1cc(C(=O)N(C)c2ccccc2OCCCOCC(=O)N2CCN(C)CC2)ccc1NC(=O)c1ccccc1OCCCN.Cl.Cl. The molecule has 268 valence electrons. The molecule has 0 unspecified atom stereocenters. The normalized spacial score (nSPS) is 12.6. The van der Waals surface area contributed by atoms with Crippen LogP contribution in [0.1, 0.15) is 33.6 Å². The van der Waals surface area contributed by atoms with E-state index in [0.717, 1.165) is 26.2 Å². The Morgan fingerprint density at radius 1 is 0.837 bits per heavy atom. The second-order valence-corrected chi connectivity index (χ2v) is 11.1. The third kappa shape index (κ3) is 11.8. The summed E-state index contributed by atoms with van der Waals surface area (Å²) in [5.41, 5.74) is 7.29. The molecular formula is C35H47Cl2N5O7. The molecular weight excluding hydrogens is 673 g/mol. The van der Waals surface area contributed by atoms with Gasteiger partial charge in [0.05, 0.1) is 43.9 Å². The minimum atomic E-state index is -0.374. The van der Waals surface area contributed by atoms with Crippen LogP contribution in [0.25, 0.3) is 0 Å². The summed E-state index contributed by atoms with van der Waals surface area (Å²) in [4.78, 5) is 44.6. The van der Waals surface area contributed by atoms with Crippen LogP contribution in [0.4, 0.5) is 11.4 Å². The van der Waals surface area contributed by atoms with Gasteiger partial charge in [0, 0.05) is 45.2 Å². The summed E-state index contributed by atoms with van der Waals surface area (Å²) < 4.78 is 22.9. The van der Waals surface area contributed by atoms with E-state index in [2.05, 4.69) is 10.2 Å². The van der Waals surface area contributed by atoms with Gasteiger partial charge in [0.2, 0.25) is 5.91 Å². The summed E-state index contributed by atoms with van der Waals surface area (Å²) in [7, 11) is 5.19. The topological polar surface area (TPSA) is 136 Å². The minimum absolute atomic E-state index is 0. The standard InChI is InChI=1S/C35H45N5O7.2ClH/c1-38-17-19-40(20-18-38)33(41)25-45-21-9-23-47-31-13-7-5-11-29(31)39(2)35(43)26-14-15-28(32(24-26)44-3)37-34(42)27-10-4-6-12-30(27)46-22-8-16-36;;/h4-7,10-15,24H,8-9,16-23,25,36H2,1-3H3,(H,37,42);2*1H. The summed E-state index contributed by atoms with van der Waals surface area (Å²) in [5, 5.41) is 2.86. The fourth-order valence-electron chi connectivity index (χ4n) is 4.97. The van der Waals surface area contributed by atoms with E-state index in [1.54, 1.807) is 61.6 Å². The second-order valence-electron chi connectivity index (χ2n) is 11.1. The highest BCUT2D eigenvalue weighted by Gasteiger charge is 2.21. The highest BCUT2D eigenvalue weighted by molar-refractivity contribution is 6.09. The number of hydrogen-bond acceptors (Lipinski definition) is 9. The van der Waals surface area contributed by atoms with Crippen LogP contribution in [0.5, 0.6) is 17.2 Å². The van der Waals surface area contributed by atoms with E-state index in [-0.39, 0.29) is 49.1 Å². The van der Waals surface area contributed by atoms with Gasteiger partial charge in [-0.05, 0) is 62.5 Å². The first-order chi connectivity index (χ1) is 22.8. The van der Waals surface area contributed by atoms with Crippen molar-refractivity contribution in [3.05, 3.63) is 77.9 Å². The van der Waals surface area contributed by atoms with Gasteiger partial charge in [-0.1, -0.05) is 24.3 Å². The molecule has 1 aliphatic heterocycles. The number of likely N-dealkylation sites (N-methyl/N-ethyl adjacent to an activating group) is 1. The van der Waals surface area contributed by atoms with Crippen molar-refractivity contribution in [3.8, 4) is 17.2 Å². The van der Waals surface area contributed by atoms with Crippen molar-refractivity contribution in [1.29, 1.82) is 0 Å². The first kappa shape index (κ1) is 41.1. The molecule has 1 aliphatic rings. The molecule has 3 N–H and O–H groups in total. The Bertz CT molecular complexity index is 1500. The Kier molecular flexibility index (Phi) is 17.7. The molecule has 3 aromatic carbocycles. The summed E-state index contributed by atoms with van der Waals surface area (Å²) in [6.45, 7) is 4.86. The van der Waals surface area contributed by atoms with Gasteiger partial charge < -0.3 is 44.7 Å². The minimum Gasteiger partial charge on any atom is -0.495 e. The van der Waals surface area contributed by atoms with E-state index in [1.807, 2.05) is 24.1 Å². The van der Waals surface area contributed by atoms with E-state index < -0.39 is 0 Å². The molecule has 0 bridgehead atoms. The monoisotopic (exact) mass is 719 g/mol. The maximum absolute atomic E-state index is 13.6. The fraction of sp³-hybridized carbons (Fsp3) is 0.400. The third-order valence-corrected chi connectivity index (χ3v) is 7.74. The maximum atomic E-state index is 13.6.